The Balaban J connectivity index is 1.44. The fraction of sp³-hybridized carbons (Fsp3) is 0.261. The van der Waals surface area contributed by atoms with Crippen molar-refractivity contribution in [2.24, 2.45) is 0 Å². The number of halogens is 2. The first-order valence-corrected chi connectivity index (χ1v) is 10.9. The summed E-state index contributed by atoms with van der Waals surface area (Å²) in [6.45, 7) is 0.548. The summed E-state index contributed by atoms with van der Waals surface area (Å²) >= 11 is 5.94. The number of imidazole rings is 1. The van der Waals surface area contributed by atoms with Crippen LogP contribution in [-0.2, 0) is 6.54 Å². The SMILES string of the molecule is COc1cc(Nc2nc3n(n2)CC[C@H](O)C[C@H]3c2ccc(F)cc2)ccc1-n1cnc(Cl)c1. The number of aryl methyl sites for hydroxylation is 1. The monoisotopic (exact) mass is 468 g/mol. The van der Waals surface area contributed by atoms with Gasteiger partial charge in [-0.1, -0.05) is 23.7 Å². The van der Waals surface area contributed by atoms with E-state index in [4.69, 9.17) is 21.3 Å². The second kappa shape index (κ2) is 8.84. The van der Waals surface area contributed by atoms with E-state index in [1.165, 1.54) is 12.1 Å². The lowest BCUT2D eigenvalue weighted by Crippen LogP contribution is -2.12. The minimum absolute atomic E-state index is 0.186. The van der Waals surface area contributed by atoms with Crippen molar-refractivity contribution in [3.8, 4) is 11.4 Å². The molecule has 1 aliphatic heterocycles. The summed E-state index contributed by atoms with van der Waals surface area (Å²) in [5.41, 5.74) is 2.44. The number of fused-ring (bicyclic) bond motifs is 1. The number of aromatic nitrogens is 5. The smallest absolute Gasteiger partial charge is 0.246 e. The molecule has 0 aliphatic carbocycles. The number of benzene rings is 2. The van der Waals surface area contributed by atoms with Gasteiger partial charge in [0.25, 0.3) is 0 Å². The van der Waals surface area contributed by atoms with Crippen molar-refractivity contribution < 1.29 is 14.2 Å². The molecule has 1 aliphatic rings. The number of anilines is 2. The molecule has 5 rings (SSSR count). The van der Waals surface area contributed by atoms with Crippen LogP contribution in [0.3, 0.4) is 0 Å². The number of nitrogens with zero attached hydrogens (tertiary/aromatic N) is 5. The molecule has 8 nitrogen and oxygen atoms in total. The molecule has 0 fully saturated rings. The van der Waals surface area contributed by atoms with Gasteiger partial charge in [-0.15, -0.1) is 5.10 Å². The highest BCUT2D eigenvalue weighted by molar-refractivity contribution is 6.29. The summed E-state index contributed by atoms with van der Waals surface area (Å²) in [4.78, 5) is 8.76. The maximum absolute atomic E-state index is 13.4. The Morgan fingerprint density at radius 2 is 2.03 bits per heavy atom. The summed E-state index contributed by atoms with van der Waals surface area (Å²) in [5.74, 6) is 1.31. The molecule has 2 atom stereocenters. The summed E-state index contributed by atoms with van der Waals surface area (Å²) in [6.07, 6.45) is 3.91. The van der Waals surface area contributed by atoms with E-state index in [2.05, 4.69) is 15.4 Å². The Morgan fingerprint density at radius 1 is 1.21 bits per heavy atom. The van der Waals surface area contributed by atoms with Crippen LogP contribution in [0, 0.1) is 5.82 Å². The molecule has 0 bridgehead atoms. The number of aliphatic hydroxyl groups excluding tert-OH is 1. The van der Waals surface area contributed by atoms with E-state index in [-0.39, 0.29) is 11.7 Å². The minimum Gasteiger partial charge on any atom is -0.494 e. The highest BCUT2D eigenvalue weighted by Crippen LogP contribution is 2.33. The predicted molar refractivity (Wildman–Crippen MR) is 122 cm³/mol. The topological polar surface area (TPSA) is 90.0 Å². The van der Waals surface area contributed by atoms with Crippen molar-refractivity contribution >= 4 is 23.2 Å². The van der Waals surface area contributed by atoms with Crippen LogP contribution in [0.1, 0.15) is 30.1 Å². The van der Waals surface area contributed by atoms with Crippen molar-refractivity contribution in [1.29, 1.82) is 0 Å². The van der Waals surface area contributed by atoms with Crippen molar-refractivity contribution in [3.05, 3.63) is 77.3 Å². The molecule has 0 amide bonds. The Hall–Kier alpha value is -3.43. The van der Waals surface area contributed by atoms with Gasteiger partial charge in [0.05, 0.1) is 18.9 Å². The van der Waals surface area contributed by atoms with Gasteiger partial charge >= 0.3 is 0 Å². The Morgan fingerprint density at radius 3 is 2.76 bits per heavy atom. The van der Waals surface area contributed by atoms with Gasteiger partial charge in [-0.2, -0.15) is 4.98 Å². The van der Waals surface area contributed by atoms with Crippen LogP contribution < -0.4 is 10.1 Å². The second-order valence-corrected chi connectivity index (χ2v) is 8.30. The lowest BCUT2D eigenvalue weighted by atomic mass is 9.92. The maximum Gasteiger partial charge on any atom is 0.246 e. The fourth-order valence-electron chi connectivity index (χ4n) is 4.10. The van der Waals surface area contributed by atoms with E-state index in [1.807, 2.05) is 22.9 Å². The predicted octanol–water partition coefficient (Wildman–Crippen LogP) is 4.30. The van der Waals surface area contributed by atoms with Gasteiger partial charge in [-0.3, -0.25) is 0 Å². The minimum atomic E-state index is -0.478. The summed E-state index contributed by atoms with van der Waals surface area (Å²) < 4.78 is 22.6. The van der Waals surface area contributed by atoms with Crippen molar-refractivity contribution in [2.75, 3.05) is 12.4 Å². The third-order valence-electron chi connectivity index (χ3n) is 5.73. The largest absolute Gasteiger partial charge is 0.494 e. The summed E-state index contributed by atoms with van der Waals surface area (Å²) in [7, 11) is 1.59. The molecule has 0 spiro atoms. The molecule has 170 valence electrons. The van der Waals surface area contributed by atoms with E-state index >= 15 is 0 Å². The van der Waals surface area contributed by atoms with Crippen LogP contribution in [0.25, 0.3) is 5.69 Å². The van der Waals surface area contributed by atoms with Gasteiger partial charge in [-0.25, -0.2) is 14.1 Å². The van der Waals surface area contributed by atoms with Gasteiger partial charge in [0, 0.05) is 30.4 Å². The van der Waals surface area contributed by atoms with E-state index in [9.17, 15) is 9.50 Å². The maximum atomic E-state index is 13.4. The first-order chi connectivity index (χ1) is 16.0. The van der Waals surface area contributed by atoms with Gasteiger partial charge < -0.3 is 19.7 Å². The van der Waals surface area contributed by atoms with Gasteiger partial charge in [0.2, 0.25) is 5.95 Å². The molecule has 2 N–H and O–H groups in total. The lowest BCUT2D eigenvalue weighted by Gasteiger charge is -2.16. The van der Waals surface area contributed by atoms with Gasteiger partial charge in [0.15, 0.2) is 0 Å². The third-order valence-corrected chi connectivity index (χ3v) is 5.93. The van der Waals surface area contributed by atoms with Crippen LogP contribution in [0.15, 0.2) is 55.0 Å². The van der Waals surface area contributed by atoms with Crippen LogP contribution in [0.5, 0.6) is 5.75 Å². The number of hydrogen-bond donors (Lipinski definition) is 2. The number of methoxy groups -OCH3 is 1. The molecule has 33 heavy (non-hydrogen) atoms. The van der Waals surface area contributed by atoms with Gasteiger partial charge in [-0.05, 0) is 42.7 Å². The summed E-state index contributed by atoms with van der Waals surface area (Å²) in [5, 5.41) is 18.6. The number of rotatable bonds is 5. The molecule has 4 aromatic rings. The number of ether oxygens (including phenoxy) is 1. The number of aliphatic hydroxyl groups is 1. The summed E-state index contributed by atoms with van der Waals surface area (Å²) in [6, 6.07) is 11.9. The highest BCUT2D eigenvalue weighted by Gasteiger charge is 2.28. The van der Waals surface area contributed by atoms with Crippen molar-refractivity contribution in [1.82, 2.24) is 24.3 Å². The molecule has 2 aromatic heterocycles. The molecule has 10 heteroatoms. The molecule has 2 aromatic carbocycles. The molecular formula is C23H22ClFN6O2. The standard InChI is InChI=1S/C23H22ClFN6O2/c1-33-20-10-16(6-7-19(20)30-12-21(24)26-13-30)27-23-28-22-18(14-2-4-15(25)5-3-14)11-17(32)8-9-31(22)29-23/h2-7,10,12-13,17-18,32H,8-9,11H2,1H3,(H,27,29)/t17-,18-/m0/s1. The van der Waals surface area contributed by atoms with Crippen molar-refractivity contribution in [3.63, 3.8) is 0 Å². The van der Waals surface area contributed by atoms with E-state index in [0.717, 1.165) is 22.8 Å². The Labute approximate surface area is 194 Å². The van der Waals surface area contributed by atoms with Gasteiger partial charge in [0.1, 0.15) is 28.9 Å². The van der Waals surface area contributed by atoms with E-state index < -0.39 is 6.10 Å². The molecule has 3 heterocycles. The zero-order chi connectivity index (χ0) is 22.9. The molecule has 0 saturated heterocycles. The normalized spacial score (nSPS) is 17.9. The number of hydrogen-bond acceptors (Lipinski definition) is 6. The Bertz CT molecular complexity index is 1270. The molecule has 0 unspecified atom stereocenters. The zero-order valence-corrected chi connectivity index (χ0v) is 18.6. The number of nitrogens with one attached hydrogen (secondary N) is 1. The third kappa shape index (κ3) is 4.42. The van der Waals surface area contributed by atoms with Crippen LogP contribution in [0.4, 0.5) is 16.0 Å². The molecule has 0 radical (unpaired) electrons. The second-order valence-electron chi connectivity index (χ2n) is 7.91. The van der Waals surface area contributed by atoms with Crippen LogP contribution >= 0.6 is 11.6 Å². The van der Waals surface area contributed by atoms with Crippen LogP contribution in [0.2, 0.25) is 5.15 Å². The average Bonchev–Trinajstić information content (AvgIpc) is 3.39. The quantitative estimate of drug-likeness (QED) is 0.454. The van der Waals surface area contributed by atoms with Crippen molar-refractivity contribution in [2.45, 2.75) is 31.4 Å². The first-order valence-electron chi connectivity index (χ1n) is 10.5. The first kappa shape index (κ1) is 21.4. The molecule has 0 saturated carbocycles. The average molecular weight is 469 g/mol. The lowest BCUT2D eigenvalue weighted by molar-refractivity contribution is 0.150. The molecular weight excluding hydrogens is 447 g/mol. The van der Waals surface area contributed by atoms with Crippen LogP contribution in [-0.4, -0.2) is 42.6 Å². The highest BCUT2D eigenvalue weighted by atomic mass is 35.5. The fourth-order valence-corrected chi connectivity index (χ4v) is 4.25. The Kier molecular flexibility index (Phi) is 5.74. The van der Waals surface area contributed by atoms with E-state index in [0.29, 0.717) is 36.2 Å². The zero-order valence-electron chi connectivity index (χ0n) is 17.8. The van der Waals surface area contributed by atoms with E-state index in [1.54, 1.807) is 36.3 Å².